The van der Waals surface area contributed by atoms with Gasteiger partial charge in [-0.3, -0.25) is 14.4 Å². The number of aryl methyl sites for hydroxylation is 2. The molecule has 0 aromatic heterocycles. The third kappa shape index (κ3) is 3.16. The Balaban J connectivity index is 1.70. The van der Waals surface area contributed by atoms with Crippen LogP contribution < -0.4 is 4.90 Å². The standard InChI is InChI=1S/C27H33N3O5/c1-16-9-6-10-17(2)21(16)29-14-8-12-27-20(24(33)30(18(3)15-31)22(27)25(29)34)19-23(32)28(5)13-7-11-26(19,4)35-27/h6-12,18-20,22,31H,13-15H2,1-5H3/t18-,19-,20+,22?,26+,27+/m1/s1. The number of hydrogen-bond acceptors (Lipinski definition) is 5. The van der Waals surface area contributed by atoms with Crippen molar-refractivity contribution in [1.29, 1.82) is 0 Å². The zero-order valence-corrected chi connectivity index (χ0v) is 20.9. The van der Waals surface area contributed by atoms with Gasteiger partial charge in [-0.05, 0) is 38.8 Å². The smallest absolute Gasteiger partial charge is 0.253 e. The fourth-order valence-electron chi connectivity index (χ4n) is 6.58. The number of likely N-dealkylation sites (N-methyl/N-ethyl adjacent to an activating group) is 1. The minimum atomic E-state index is -1.32. The molecule has 3 amide bonds. The van der Waals surface area contributed by atoms with Gasteiger partial charge in [0.1, 0.15) is 11.6 Å². The molecule has 186 valence electrons. The van der Waals surface area contributed by atoms with E-state index in [2.05, 4.69) is 0 Å². The Morgan fingerprint density at radius 1 is 1.03 bits per heavy atom. The first-order valence-corrected chi connectivity index (χ1v) is 12.2. The Hall–Kier alpha value is -2.97. The zero-order chi connectivity index (χ0) is 25.3. The third-order valence-electron chi connectivity index (χ3n) is 8.14. The Morgan fingerprint density at radius 3 is 2.34 bits per heavy atom. The second-order valence-corrected chi connectivity index (χ2v) is 10.5. The van der Waals surface area contributed by atoms with Gasteiger partial charge in [-0.1, -0.05) is 42.5 Å². The van der Waals surface area contributed by atoms with E-state index in [1.165, 1.54) is 4.90 Å². The van der Waals surface area contributed by atoms with Crippen molar-refractivity contribution in [2.45, 2.75) is 51.0 Å². The summed E-state index contributed by atoms with van der Waals surface area (Å²) in [6.45, 7) is 7.91. The SMILES string of the molecule is Cc1cccc(C)c1N1CC=C[C@]23O[C@@]4(C)C=CCN(C)C(=O)[C@H]4[C@H]2C(=O)N([C@H](C)CO)C3C1=O. The van der Waals surface area contributed by atoms with Gasteiger partial charge in [-0.25, -0.2) is 0 Å². The number of benzene rings is 1. The van der Waals surface area contributed by atoms with Gasteiger partial charge in [-0.15, -0.1) is 0 Å². The number of ether oxygens (including phenoxy) is 1. The quantitative estimate of drug-likeness (QED) is 0.665. The highest BCUT2D eigenvalue weighted by molar-refractivity contribution is 6.06. The predicted octanol–water partition coefficient (Wildman–Crippen LogP) is 1.59. The summed E-state index contributed by atoms with van der Waals surface area (Å²) in [6, 6.07) is 4.25. The van der Waals surface area contributed by atoms with E-state index in [4.69, 9.17) is 4.74 Å². The number of aliphatic hydroxyl groups excluding tert-OH is 1. The van der Waals surface area contributed by atoms with Gasteiger partial charge in [0.05, 0.1) is 30.1 Å². The van der Waals surface area contributed by atoms with Crippen LogP contribution in [0.15, 0.2) is 42.5 Å². The highest BCUT2D eigenvalue weighted by Crippen LogP contribution is 2.57. The lowest BCUT2D eigenvalue weighted by Gasteiger charge is -2.39. The number of amides is 3. The molecule has 1 spiro atoms. The largest absolute Gasteiger partial charge is 0.394 e. The van der Waals surface area contributed by atoms with Gasteiger partial charge in [-0.2, -0.15) is 0 Å². The van der Waals surface area contributed by atoms with E-state index in [1.807, 2.05) is 63.3 Å². The zero-order valence-electron chi connectivity index (χ0n) is 20.9. The first-order valence-electron chi connectivity index (χ1n) is 12.2. The maximum absolute atomic E-state index is 14.4. The van der Waals surface area contributed by atoms with Crippen molar-refractivity contribution in [2.75, 3.05) is 31.6 Å². The maximum Gasteiger partial charge on any atom is 0.253 e. The molecule has 0 bridgehead atoms. The average molecular weight is 480 g/mol. The molecule has 4 heterocycles. The number of carbonyl (C=O) groups is 3. The van der Waals surface area contributed by atoms with Crippen molar-refractivity contribution < 1.29 is 24.2 Å². The first-order chi connectivity index (χ1) is 16.6. The number of aliphatic hydroxyl groups is 1. The summed E-state index contributed by atoms with van der Waals surface area (Å²) in [5, 5.41) is 10.1. The molecule has 6 atom stereocenters. The molecular formula is C27H33N3O5. The van der Waals surface area contributed by atoms with Crippen LogP contribution >= 0.6 is 0 Å². The van der Waals surface area contributed by atoms with Crippen molar-refractivity contribution in [1.82, 2.24) is 9.80 Å². The monoisotopic (exact) mass is 479 g/mol. The number of para-hydroxylation sites is 1. The van der Waals surface area contributed by atoms with E-state index in [0.717, 1.165) is 16.8 Å². The predicted molar refractivity (Wildman–Crippen MR) is 131 cm³/mol. The van der Waals surface area contributed by atoms with E-state index in [9.17, 15) is 19.5 Å². The molecule has 1 aromatic rings. The molecule has 2 saturated heterocycles. The van der Waals surface area contributed by atoms with Crippen LogP contribution in [0.2, 0.25) is 0 Å². The van der Waals surface area contributed by atoms with Crippen molar-refractivity contribution in [2.24, 2.45) is 11.8 Å². The second-order valence-electron chi connectivity index (χ2n) is 10.5. The summed E-state index contributed by atoms with van der Waals surface area (Å²) in [6.07, 6.45) is 7.46. The van der Waals surface area contributed by atoms with Crippen molar-refractivity contribution >= 4 is 23.4 Å². The highest BCUT2D eigenvalue weighted by Gasteiger charge is 2.75. The fraction of sp³-hybridized carbons (Fsp3) is 0.519. The molecule has 8 nitrogen and oxygen atoms in total. The van der Waals surface area contributed by atoms with Crippen LogP contribution in [-0.4, -0.2) is 82.7 Å². The molecule has 1 N–H and O–H groups in total. The van der Waals surface area contributed by atoms with E-state index < -0.39 is 35.1 Å². The van der Waals surface area contributed by atoms with Crippen LogP contribution in [0, 0.1) is 25.7 Å². The molecule has 4 aliphatic heterocycles. The van der Waals surface area contributed by atoms with Gasteiger partial charge < -0.3 is 24.5 Å². The Bertz CT molecular complexity index is 1140. The number of rotatable bonds is 3. The summed E-state index contributed by atoms with van der Waals surface area (Å²) in [4.78, 5) is 46.8. The molecule has 1 aromatic carbocycles. The molecule has 8 heteroatoms. The van der Waals surface area contributed by atoms with Crippen LogP contribution in [0.5, 0.6) is 0 Å². The Labute approximate surface area is 205 Å². The molecule has 4 aliphatic rings. The fourth-order valence-corrected chi connectivity index (χ4v) is 6.58. The molecule has 2 fully saturated rings. The van der Waals surface area contributed by atoms with E-state index in [-0.39, 0.29) is 24.3 Å². The molecule has 5 rings (SSSR count). The van der Waals surface area contributed by atoms with E-state index in [1.54, 1.807) is 23.8 Å². The number of carbonyl (C=O) groups excluding carboxylic acids is 3. The molecule has 35 heavy (non-hydrogen) atoms. The Kier molecular flexibility index (Phi) is 5.45. The van der Waals surface area contributed by atoms with Crippen LogP contribution in [0.25, 0.3) is 0 Å². The number of anilines is 1. The highest BCUT2D eigenvalue weighted by atomic mass is 16.5. The summed E-state index contributed by atoms with van der Waals surface area (Å²) < 4.78 is 6.74. The molecule has 0 saturated carbocycles. The van der Waals surface area contributed by atoms with E-state index in [0.29, 0.717) is 13.1 Å². The van der Waals surface area contributed by atoms with Gasteiger partial charge in [0.25, 0.3) is 5.91 Å². The molecule has 1 unspecified atom stereocenters. The molecule has 0 aliphatic carbocycles. The van der Waals surface area contributed by atoms with Crippen LogP contribution in [0.4, 0.5) is 5.69 Å². The first kappa shape index (κ1) is 23.8. The Morgan fingerprint density at radius 2 is 1.69 bits per heavy atom. The number of nitrogens with zero attached hydrogens (tertiary/aromatic N) is 3. The minimum absolute atomic E-state index is 0.179. The lowest BCUT2D eigenvalue weighted by Crippen LogP contribution is -2.58. The maximum atomic E-state index is 14.4. The van der Waals surface area contributed by atoms with Gasteiger partial charge in [0.2, 0.25) is 11.8 Å². The lowest BCUT2D eigenvalue weighted by molar-refractivity contribution is -0.150. The average Bonchev–Trinajstić information content (AvgIpc) is 3.10. The van der Waals surface area contributed by atoms with Crippen LogP contribution in [0.3, 0.4) is 0 Å². The summed E-state index contributed by atoms with van der Waals surface area (Å²) >= 11 is 0. The topological polar surface area (TPSA) is 90.4 Å². The number of hydrogen-bond donors (Lipinski definition) is 1. The van der Waals surface area contributed by atoms with Crippen LogP contribution in [0.1, 0.15) is 25.0 Å². The second kappa shape index (κ2) is 8.03. The molecular weight excluding hydrogens is 446 g/mol. The summed E-state index contributed by atoms with van der Waals surface area (Å²) in [5.74, 6) is -2.43. The molecule has 0 radical (unpaired) electrons. The van der Waals surface area contributed by atoms with E-state index >= 15 is 0 Å². The number of likely N-dealkylation sites (tertiary alicyclic amines) is 1. The third-order valence-corrected chi connectivity index (χ3v) is 8.14. The van der Waals surface area contributed by atoms with Gasteiger partial charge in [0, 0.05) is 25.8 Å². The van der Waals surface area contributed by atoms with Crippen LogP contribution in [-0.2, 0) is 19.1 Å². The normalized spacial score (nSPS) is 35.1. The van der Waals surface area contributed by atoms with Crippen molar-refractivity contribution in [3.63, 3.8) is 0 Å². The number of fused-ring (bicyclic) bond motifs is 2. The summed E-state index contributed by atoms with van der Waals surface area (Å²) in [5.41, 5.74) is 0.360. The van der Waals surface area contributed by atoms with Crippen molar-refractivity contribution in [3.8, 4) is 0 Å². The van der Waals surface area contributed by atoms with Gasteiger partial charge >= 0.3 is 0 Å². The van der Waals surface area contributed by atoms with Crippen molar-refractivity contribution in [3.05, 3.63) is 53.6 Å². The lowest BCUT2D eigenvalue weighted by atomic mass is 9.74. The van der Waals surface area contributed by atoms with Gasteiger partial charge in [0.15, 0.2) is 0 Å². The summed E-state index contributed by atoms with van der Waals surface area (Å²) in [7, 11) is 1.71. The minimum Gasteiger partial charge on any atom is -0.394 e.